The average Bonchev–Trinajstić information content (AvgIpc) is 2.35. The highest BCUT2D eigenvalue weighted by atomic mass is 19.1. The third-order valence-electron chi connectivity index (χ3n) is 2.23. The summed E-state index contributed by atoms with van der Waals surface area (Å²) >= 11 is 0. The predicted molar refractivity (Wildman–Crippen MR) is 61.8 cm³/mol. The molecule has 0 aliphatic carbocycles. The normalized spacial score (nSPS) is 11.4. The minimum absolute atomic E-state index is 0.178. The Hall–Kier alpha value is -1.68. The van der Waals surface area contributed by atoms with E-state index in [0.717, 1.165) is 0 Å². The number of rotatable bonds is 5. The van der Waals surface area contributed by atoms with Gasteiger partial charge in [0.2, 0.25) is 0 Å². The van der Waals surface area contributed by atoms with Crippen LogP contribution in [0.3, 0.4) is 0 Å². The van der Waals surface area contributed by atoms with Gasteiger partial charge in [0.25, 0.3) is 0 Å². The van der Waals surface area contributed by atoms with Crippen molar-refractivity contribution in [3.8, 4) is 0 Å². The monoisotopic (exact) mass is 238 g/mol. The van der Waals surface area contributed by atoms with Gasteiger partial charge in [0, 0.05) is 11.1 Å². The molecule has 1 aromatic carbocycles. The third-order valence-corrected chi connectivity index (χ3v) is 2.23. The van der Waals surface area contributed by atoms with Crippen molar-refractivity contribution in [2.75, 3.05) is 13.7 Å². The molecule has 0 unspecified atom stereocenters. The topological polar surface area (TPSA) is 35.5 Å². The number of halogens is 1. The van der Waals surface area contributed by atoms with Gasteiger partial charge in [-0.3, -0.25) is 0 Å². The summed E-state index contributed by atoms with van der Waals surface area (Å²) in [4.78, 5) is 11.0. The maximum absolute atomic E-state index is 13.2. The summed E-state index contributed by atoms with van der Waals surface area (Å²) in [6.45, 7) is 2.06. The third kappa shape index (κ3) is 4.36. The van der Waals surface area contributed by atoms with Crippen molar-refractivity contribution < 1.29 is 18.7 Å². The Labute approximate surface area is 99.9 Å². The summed E-state index contributed by atoms with van der Waals surface area (Å²) in [5.74, 6) is -0.680. The molecule has 0 N–H and O–H groups in total. The standard InChI is InChI=1S/C13H15FO3/c1-10(13(15)16-2)7-8-17-9-11-5-3-4-6-12(11)14/h3-7H,8-9H2,1-2H3. The Morgan fingerprint density at radius 1 is 1.41 bits per heavy atom. The fourth-order valence-electron chi connectivity index (χ4n) is 1.21. The Kier molecular flexibility index (Phi) is 5.36. The number of methoxy groups -OCH3 is 1. The lowest BCUT2D eigenvalue weighted by Crippen LogP contribution is -2.03. The molecule has 1 rings (SSSR count). The van der Waals surface area contributed by atoms with Crippen molar-refractivity contribution in [1.29, 1.82) is 0 Å². The van der Waals surface area contributed by atoms with E-state index in [1.54, 1.807) is 31.2 Å². The van der Waals surface area contributed by atoms with Crippen LogP contribution in [0.2, 0.25) is 0 Å². The lowest BCUT2D eigenvalue weighted by molar-refractivity contribution is -0.136. The molecular formula is C13H15FO3. The molecule has 1 aromatic rings. The Bertz CT molecular complexity index is 413. The van der Waals surface area contributed by atoms with E-state index in [-0.39, 0.29) is 25.0 Å². The molecule has 3 nitrogen and oxygen atoms in total. The van der Waals surface area contributed by atoms with Crippen LogP contribution in [-0.2, 0) is 20.9 Å². The molecule has 0 saturated heterocycles. The minimum atomic E-state index is -0.389. The maximum atomic E-state index is 13.2. The van der Waals surface area contributed by atoms with Gasteiger partial charge < -0.3 is 9.47 Å². The van der Waals surface area contributed by atoms with Gasteiger partial charge in [-0.05, 0) is 19.1 Å². The molecule has 0 spiro atoms. The van der Waals surface area contributed by atoms with E-state index in [9.17, 15) is 9.18 Å². The van der Waals surface area contributed by atoms with Crippen molar-refractivity contribution >= 4 is 5.97 Å². The lowest BCUT2D eigenvalue weighted by atomic mass is 10.2. The van der Waals surface area contributed by atoms with Gasteiger partial charge >= 0.3 is 5.97 Å². The van der Waals surface area contributed by atoms with E-state index in [1.165, 1.54) is 13.2 Å². The summed E-state index contributed by atoms with van der Waals surface area (Å²) in [7, 11) is 1.32. The quantitative estimate of drug-likeness (QED) is 0.449. The molecule has 0 aliphatic heterocycles. The second-order valence-corrected chi connectivity index (χ2v) is 3.49. The van der Waals surface area contributed by atoms with Crippen LogP contribution in [0.1, 0.15) is 12.5 Å². The molecular weight excluding hydrogens is 223 g/mol. The van der Waals surface area contributed by atoms with Crippen molar-refractivity contribution in [2.24, 2.45) is 0 Å². The highest BCUT2D eigenvalue weighted by Crippen LogP contribution is 2.07. The summed E-state index contributed by atoms with van der Waals surface area (Å²) in [6, 6.07) is 6.41. The largest absolute Gasteiger partial charge is 0.466 e. The number of benzene rings is 1. The zero-order valence-corrected chi connectivity index (χ0v) is 9.90. The van der Waals surface area contributed by atoms with Gasteiger partial charge in [0.05, 0.1) is 20.3 Å². The van der Waals surface area contributed by atoms with Crippen LogP contribution in [0.5, 0.6) is 0 Å². The summed E-state index contributed by atoms with van der Waals surface area (Å²) in [5, 5.41) is 0. The van der Waals surface area contributed by atoms with E-state index in [2.05, 4.69) is 4.74 Å². The first-order valence-corrected chi connectivity index (χ1v) is 5.21. The molecule has 0 saturated carbocycles. The molecule has 4 heteroatoms. The molecule has 0 atom stereocenters. The van der Waals surface area contributed by atoms with Gasteiger partial charge in [-0.1, -0.05) is 18.2 Å². The predicted octanol–water partition coefficient (Wildman–Crippen LogP) is 2.46. The number of ether oxygens (including phenoxy) is 2. The van der Waals surface area contributed by atoms with Crippen molar-refractivity contribution in [3.63, 3.8) is 0 Å². The molecule has 0 bridgehead atoms. The van der Waals surface area contributed by atoms with Crippen LogP contribution in [0.4, 0.5) is 4.39 Å². The van der Waals surface area contributed by atoms with Crippen LogP contribution >= 0.6 is 0 Å². The van der Waals surface area contributed by atoms with Crippen molar-refractivity contribution in [3.05, 3.63) is 47.3 Å². The fourth-order valence-corrected chi connectivity index (χ4v) is 1.21. The Morgan fingerprint density at radius 3 is 2.76 bits per heavy atom. The van der Waals surface area contributed by atoms with Crippen LogP contribution in [0.25, 0.3) is 0 Å². The van der Waals surface area contributed by atoms with Crippen LogP contribution in [-0.4, -0.2) is 19.7 Å². The molecule has 0 aromatic heterocycles. The van der Waals surface area contributed by atoms with Crippen molar-refractivity contribution in [1.82, 2.24) is 0 Å². The molecule has 92 valence electrons. The zero-order chi connectivity index (χ0) is 12.7. The van der Waals surface area contributed by atoms with E-state index >= 15 is 0 Å². The molecule has 0 amide bonds. The molecule has 0 radical (unpaired) electrons. The van der Waals surface area contributed by atoms with Crippen LogP contribution < -0.4 is 0 Å². The second kappa shape index (κ2) is 6.81. The van der Waals surface area contributed by atoms with Gasteiger partial charge in [-0.15, -0.1) is 0 Å². The Morgan fingerprint density at radius 2 is 2.12 bits per heavy atom. The summed E-state index contributed by atoms with van der Waals surface area (Å²) in [6.07, 6.45) is 1.60. The lowest BCUT2D eigenvalue weighted by Gasteiger charge is -2.03. The van der Waals surface area contributed by atoms with Crippen LogP contribution in [0.15, 0.2) is 35.9 Å². The Balaban J connectivity index is 2.39. The van der Waals surface area contributed by atoms with Gasteiger partial charge in [-0.25, -0.2) is 9.18 Å². The van der Waals surface area contributed by atoms with Crippen LogP contribution in [0, 0.1) is 5.82 Å². The number of hydrogen-bond acceptors (Lipinski definition) is 3. The van der Waals surface area contributed by atoms with Gasteiger partial charge in [0.15, 0.2) is 0 Å². The summed E-state index contributed by atoms with van der Waals surface area (Å²) < 4.78 is 23.0. The van der Waals surface area contributed by atoms with E-state index in [0.29, 0.717) is 11.1 Å². The average molecular weight is 238 g/mol. The van der Waals surface area contributed by atoms with E-state index < -0.39 is 0 Å². The van der Waals surface area contributed by atoms with E-state index in [1.807, 2.05) is 0 Å². The first kappa shape index (κ1) is 13.4. The number of carbonyl (C=O) groups is 1. The number of esters is 1. The molecule has 0 heterocycles. The van der Waals surface area contributed by atoms with E-state index in [4.69, 9.17) is 4.74 Å². The van der Waals surface area contributed by atoms with Crippen molar-refractivity contribution in [2.45, 2.75) is 13.5 Å². The summed E-state index contributed by atoms with van der Waals surface area (Å²) in [5.41, 5.74) is 0.970. The highest BCUT2D eigenvalue weighted by Gasteiger charge is 2.02. The minimum Gasteiger partial charge on any atom is -0.466 e. The van der Waals surface area contributed by atoms with Gasteiger partial charge in [-0.2, -0.15) is 0 Å². The second-order valence-electron chi connectivity index (χ2n) is 3.49. The molecule has 0 aliphatic rings. The maximum Gasteiger partial charge on any atom is 0.333 e. The fraction of sp³-hybridized carbons (Fsp3) is 0.308. The number of hydrogen-bond donors (Lipinski definition) is 0. The first-order chi connectivity index (χ1) is 8.15. The van der Waals surface area contributed by atoms with Gasteiger partial charge in [0.1, 0.15) is 5.82 Å². The molecule has 17 heavy (non-hydrogen) atoms. The smallest absolute Gasteiger partial charge is 0.333 e. The molecule has 0 fully saturated rings. The number of carbonyl (C=O) groups excluding carboxylic acids is 1. The highest BCUT2D eigenvalue weighted by molar-refractivity contribution is 5.87. The first-order valence-electron chi connectivity index (χ1n) is 5.21. The SMILES string of the molecule is COC(=O)C(C)=CCOCc1ccccc1F. The zero-order valence-electron chi connectivity index (χ0n) is 9.90.